The minimum atomic E-state index is 0.174. The number of benzene rings is 1. The third-order valence-corrected chi connectivity index (χ3v) is 2.78. The fourth-order valence-electron chi connectivity index (χ4n) is 1.84. The van der Waals surface area contributed by atoms with Crippen molar-refractivity contribution in [2.75, 3.05) is 13.6 Å². The lowest BCUT2D eigenvalue weighted by molar-refractivity contribution is -0.130. The molecule has 0 unspecified atom stereocenters. The minimum Gasteiger partial charge on any atom is -0.345 e. The molecule has 0 aliphatic rings. The third kappa shape index (κ3) is 4.58. The van der Waals surface area contributed by atoms with Crippen LogP contribution in [0.3, 0.4) is 0 Å². The van der Waals surface area contributed by atoms with Gasteiger partial charge in [0.2, 0.25) is 5.91 Å². The van der Waals surface area contributed by atoms with Gasteiger partial charge in [0.1, 0.15) is 0 Å². The second-order valence-corrected chi connectivity index (χ2v) is 4.98. The second-order valence-electron chi connectivity index (χ2n) is 4.98. The topological polar surface area (TPSA) is 44.1 Å². The largest absolute Gasteiger partial charge is 0.345 e. The predicted molar refractivity (Wildman–Crippen MR) is 72.0 cm³/mol. The van der Waals surface area contributed by atoms with Gasteiger partial charge < -0.3 is 4.90 Å². The van der Waals surface area contributed by atoms with Crippen LogP contribution >= 0.6 is 0 Å². The van der Waals surface area contributed by atoms with Gasteiger partial charge >= 0.3 is 0 Å². The Labute approximate surface area is 109 Å². The normalized spacial score (nSPS) is 10.2. The highest BCUT2D eigenvalue weighted by Crippen LogP contribution is 2.07. The molecule has 3 nitrogen and oxygen atoms in total. The van der Waals surface area contributed by atoms with E-state index >= 15 is 0 Å². The predicted octanol–water partition coefficient (Wildman–Crippen LogP) is 2.61. The molecule has 0 fully saturated rings. The van der Waals surface area contributed by atoms with Gasteiger partial charge in [0.25, 0.3) is 0 Å². The SMILES string of the molecule is CC(C)CN(C)C(=O)CCc1ccc(C#N)cc1. The number of nitrogens with zero attached hydrogens (tertiary/aromatic N) is 2. The van der Waals surface area contributed by atoms with Crippen LogP contribution in [0.2, 0.25) is 0 Å². The standard InChI is InChI=1S/C15H20N2O/c1-12(2)11-17(3)15(18)9-8-13-4-6-14(10-16)7-5-13/h4-7,12H,8-9,11H2,1-3H3. The Morgan fingerprint density at radius 2 is 1.94 bits per heavy atom. The Bertz CT molecular complexity index is 429. The molecule has 3 heteroatoms. The first-order valence-electron chi connectivity index (χ1n) is 6.26. The molecule has 1 amide bonds. The van der Waals surface area contributed by atoms with Crippen molar-refractivity contribution < 1.29 is 4.79 Å². The molecule has 96 valence electrons. The van der Waals surface area contributed by atoms with Crippen molar-refractivity contribution in [3.63, 3.8) is 0 Å². The van der Waals surface area contributed by atoms with Gasteiger partial charge in [0.15, 0.2) is 0 Å². The van der Waals surface area contributed by atoms with Gasteiger partial charge in [0, 0.05) is 20.0 Å². The maximum atomic E-state index is 11.8. The van der Waals surface area contributed by atoms with E-state index in [0.29, 0.717) is 17.9 Å². The summed E-state index contributed by atoms with van der Waals surface area (Å²) in [4.78, 5) is 13.6. The summed E-state index contributed by atoms with van der Waals surface area (Å²) in [6.45, 7) is 5.00. The van der Waals surface area contributed by atoms with Crippen molar-refractivity contribution in [1.82, 2.24) is 4.90 Å². The van der Waals surface area contributed by atoms with Gasteiger partial charge in [-0.05, 0) is 30.0 Å². The monoisotopic (exact) mass is 244 g/mol. The number of aryl methyl sites for hydroxylation is 1. The minimum absolute atomic E-state index is 0.174. The summed E-state index contributed by atoms with van der Waals surface area (Å²) < 4.78 is 0. The van der Waals surface area contributed by atoms with Gasteiger partial charge in [0.05, 0.1) is 11.6 Å². The van der Waals surface area contributed by atoms with E-state index in [-0.39, 0.29) is 5.91 Å². The van der Waals surface area contributed by atoms with Crippen molar-refractivity contribution in [2.24, 2.45) is 5.92 Å². The van der Waals surface area contributed by atoms with Crippen LogP contribution in [0.5, 0.6) is 0 Å². The lowest BCUT2D eigenvalue weighted by atomic mass is 10.1. The highest BCUT2D eigenvalue weighted by molar-refractivity contribution is 5.76. The quantitative estimate of drug-likeness (QED) is 0.799. The van der Waals surface area contributed by atoms with E-state index in [9.17, 15) is 4.79 Å². The summed E-state index contributed by atoms with van der Waals surface area (Å²) >= 11 is 0. The first kappa shape index (κ1) is 14.2. The summed E-state index contributed by atoms with van der Waals surface area (Å²) in [5.74, 6) is 0.668. The number of hydrogen-bond donors (Lipinski definition) is 0. The molecule has 1 aromatic rings. The first-order chi connectivity index (χ1) is 8.52. The Kier molecular flexibility index (Phi) is 5.38. The maximum absolute atomic E-state index is 11.8. The highest BCUT2D eigenvalue weighted by Gasteiger charge is 2.09. The summed E-state index contributed by atoms with van der Waals surface area (Å²) in [5, 5.41) is 8.69. The molecule has 0 saturated carbocycles. The molecular weight excluding hydrogens is 224 g/mol. The zero-order chi connectivity index (χ0) is 13.5. The molecule has 0 heterocycles. The van der Waals surface area contributed by atoms with Crippen molar-refractivity contribution in [1.29, 1.82) is 5.26 Å². The summed E-state index contributed by atoms with van der Waals surface area (Å²) in [5.41, 5.74) is 1.75. The molecule has 0 atom stereocenters. The zero-order valence-electron chi connectivity index (χ0n) is 11.3. The molecule has 0 radical (unpaired) electrons. The lowest BCUT2D eigenvalue weighted by Gasteiger charge is -2.19. The number of rotatable bonds is 5. The Morgan fingerprint density at radius 1 is 1.33 bits per heavy atom. The van der Waals surface area contributed by atoms with Crippen LogP contribution in [0.1, 0.15) is 31.4 Å². The van der Waals surface area contributed by atoms with Crippen LogP contribution in [0.25, 0.3) is 0 Å². The Hall–Kier alpha value is -1.82. The number of nitriles is 1. The molecule has 0 aromatic heterocycles. The highest BCUT2D eigenvalue weighted by atomic mass is 16.2. The molecule has 0 bridgehead atoms. The van der Waals surface area contributed by atoms with Crippen LogP contribution in [0.4, 0.5) is 0 Å². The lowest BCUT2D eigenvalue weighted by Crippen LogP contribution is -2.30. The van der Waals surface area contributed by atoms with Crippen molar-refractivity contribution in [3.05, 3.63) is 35.4 Å². The smallest absolute Gasteiger partial charge is 0.222 e. The van der Waals surface area contributed by atoms with Crippen LogP contribution in [0, 0.1) is 17.2 Å². The van der Waals surface area contributed by atoms with Crippen LogP contribution in [0.15, 0.2) is 24.3 Å². The van der Waals surface area contributed by atoms with Crippen LogP contribution < -0.4 is 0 Å². The molecule has 0 N–H and O–H groups in total. The Balaban J connectivity index is 2.44. The average Bonchev–Trinajstić information content (AvgIpc) is 2.35. The van der Waals surface area contributed by atoms with Crippen LogP contribution in [-0.4, -0.2) is 24.4 Å². The molecular formula is C15H20N2O. The molecule has 0 saturated heterocycles. The Morgan fingerprint density at radius 3 is 2.44 bits per heavy atom. The summed E-state index contributed by atoms with van der Waals surface area (Å²) in [7, 11) is 1.85. The molecule has 0 aliphatic carbocycles. The van der Waals surface area contributed by atoms with E-state index in [4.69, 9.17) is 5.26 Å². The van der Waals surface area contributed by atoms with Gasteiger partial charge in [-0.25, -0.2) is 0 Å². The van der Waals surface area contributed by atoms with E-state index in [2.05, 4.69) is 19.9 Å². The van der Waals surface area contributed by atoms with Crippen molar-refractivity contribution in [3.8, 4) is 6.07 Å². The third-order valence-electron chi connectivity index (χ3n) is 2.78. The maximum Gasteiger partial charge on any atom is 0.222 e. The van der Waals surface area contributed by atoms with Gasteiger partial charge in [-0.15, -0.1) is 0 Å². The van der Waals surface area contributed by atoms with E-state index in [1.54, 1.807) is 17.0 Å². The van der Waals surface area contributed by atoms with Crippen molar-refractivity contribution >= 4 is 5.91 Å². The fourth-order valence-corrected chi connectivity index (χ4v) is 1.84. The molecule has 1 aromatic carbocycles. The van der Waals surface area contributed by atoms with E-state index in [1.165, 1.54) is 0 Å². The van der Waals surface area contributed by atoms with Gasteiger partial charge in [-0.2, -0.15) is 5.26 Å². The summed E-state index contributed by atoms with van der Waals surface area (Å²) in [6.07, 6.45) is 1.25. The van der Waals surface area contributed by atoms with E-state index in [1.807, 2.05) is 19.2 Å². The van der Waals surface area contributed by atoms with Gasteiger partial charge in [-0.1, -0.05) is 26.0 Å². The van der Waals surface area contributed by atoms with E-state index < -0.39 is 0 Å². The number of hydrogen-bond acceptors (Lipinski definition) is 2. The fraction of sp³-hybridized carbons (Fsp3) is 0.467. The van der Waals surface area contributed by atoms with E-state index in [0.717, 1.165) is 18.5 Å². The van der Waals surface area contributed by atoms with Crippen molar-refractivity contribution in [2.45, 2.75) is 26.7 Å². The first-order valence-corrected chi connectivity index (χ1v) is 6.26. The zero-order valence-corrected chi connectivity index (χ0v) is 11.3. The van der Waals surface area contributed by atoms with Crippen LogP contribution in [-0.2, 0) is 11.2 Å². The second kappa shape index (κ2) is 6.80. The molecule has 1 rings (SSSR count). The molecule has 18 heavy (non-hydrogen) atoms. The average molecular weight is 244 g/mol. The number of amides is 1. The molecule has 0 spiro atoms. The number of carbonyl (C=O) groups excluding carboxylic acids is 1. The number of carbonyl (C=O) groups is 1. The summed E-state index contributed by atoms with van der Waals surface area (Å²) in [6, 6.07) is 9.48. The van der Waals surface area contributed by atoms with Gasteiger partial charge in [-0.3, -0.25) is 4.79 Å². The molecule has 0 aliphatic heterocycles.